The van der Waals surface area contributed by atoms with E-state index in [-0.39, 0.29) is 6.04 Å². The Morgan fingerprint density at radius 1 is 1.43 bits per heavy atom. The van der Waals surface area contributed by atoms with Crippen molar-refractivity contribution >= 4 is 34.5 Å². The lowest BCUT2D eigenvalue weighted by Gasteiger charge is -2.30. The average molecular weight is 342 g/mol. The second-order valence-corrected chi connectivity index (χ2v) is 7.02. The van der Waals surface area contributed by atoms with Crippen LogP contribution in [0.15, 0.2) is 29.0 Å². The van der Waals surface area contributed by atoms with E-state index in [0.29, 0.717) is 22.7 Å². The van der Waals surface area contributed by atoms with E-state index in [9.17, 15) is 0 Å². The molecule has 2 nitrogen and oxygen atoms in total. The minimum atomic E-state index is 0.235. The highest BCUT2D eigenvalue weighted by molar-refractivity contribution is 7.07. The molecule has 1 aromatic heterocycles. The zero-order valence-electron chi connectivity index (χ0n) is 11.7. The molecule has 0 bridgehead atoms. The molecule has 2 heterocycles. The summed E-state index contributed by atoms with van der Waals surface area (Å²) in [7, 11) is 0. The molecule has 1 N–H and O–H groups in total. The van der Waals surface area contributed by atoms with Crippen LogP contribution in [0, 0.1) is 0 Å². The molecule has 2 aromatic rings. The van der Waals surface area contributed by atoms with Crippen LogP contribution in [0.25, 0.3) is 0 Å². The fraction of sp³-hybridized carbons (Fsp3) is 0.375. The number of nitrogens with one attached hydrogen (secondary N) is 1. The highest BCUT2D eigenvalue weighted by Crippen LogP contribution is 2.40. The molecule has 0 saturated carbocycles. The van der Waals surface area contributed by atoms with Crippen LogP contribution in [0.1, 0.15) is 30.5 Å². The molecule has 0 aliphatic carbocycles. The summed E-state index contributed by atoms with van der Waals surface area (Å²) in [5.41, 5.74) is 2.44. The molecule has 21 heavy (non-hydrogen) atoms. The molecule has 3 rings (SSSR count). The number of rotatable bonds is 4. The minimum absolute atomic E-state index is 0.235. The molecule has 1 aromatic carbocycles. The Morgan fingerprint density at radius 2 is 2.29 bits per heavy atom. The summed E-state index contributed by atoms with van der Waals surface area (Å²) < 4.78 is 5.70. The van der Waals surface area contributed by atoms with Crippen LogP contribution in [0.5, 0.6) is 5.75 Å². The van der Waals surface area contributed by atoms with Crippen LogP contribution in [0.3, 0.4) is 0 Å². The number of benzene rings is 1. The van der Waals surface area contributed by atoms with Crippen LogP contribution in [-0.4, -0.2) is 12.6 Å². The van der Waals surface area contributed by atoms with Gasteiger partial charge in [0.2, 0.25) is 0 Å². The predicted molar refractivity (Wildman–Crippen MR) is 89.9 cm³/mol. The largest absolute Gasteiger partial charge is 0.492 e. The van der Waals surface area contributed by atoms with Crippen molar-refractivity contribution in [2.75, 3.05) is 6.61 Å². The molecule has 0 fully saturated rings. The molecule has 2 atom stereocenters. The van der Waals surface area contributed by atoms with Gasteiger partial charge in [0.15, 0.2) is 0 Å². The van der Waals surface area contributed by atoms with Crippen molar-refractivity contribution < 1.29 is 4.74 Å². The molecular formula is C16H17Cl2NOS. The fourth-order valence-electron chi connectivity index (χ4n) is 2.76. The zero-order valence-corrected chi connectivity index (χ0v) is 14.1. The van der Waals surface area contributed by atoms with Gasteiger partial charge in [0.25, 0.3) is 0 Å². The van der Waals surface area contributed by atoms with Crippen LogP contribution in [0.2, 0.25) is 10.0 Å². The molecule has 112 valence electrons. The lowest BCUT2D eigenvalue weighted by atomic mass is 9.98. The van der Waals surface area contributed by atoms with Crippen molar-refractivity contribution in [3.05, 3.63) is 50.1 Å². The first-order chi connectivity index (χ1) is 10.1. The number of hydrogen-bond acceptors (Lipinski definition) is 3. The van der Waals surface area contributed by atoms with E-state index >= 15 is 0 Å². The molecule has 2 unspecified atom stereocenters. The third-order valence-corrected chi connectivity index (χ3v) is 4.90. The van der Waals surface area contributed by atoms with E-state index in [1.165, 1.54) is 5.56 Å². The Morgan fingerprint density at radius 3 is 3.05 bits per heavy atom. The average Bonchev–Trinajstić information content (AvgIpc) is 2.92. The third-order valence-electron chi connectivity index (χ3n) is 3.67. The van der Waals surface area contributed by atoms with Crippen molar-refractivity contribution in [1.29, 1.82) is 0 Å². The van der Waals surface area contributed by atoms with Crippen molar-refractivity contribution in [1.82, 2.24) is 5.32 Å². The van der Waals surface area contributed by atoms with Gasteiger partial charge in [-0.1, -0.05) is 23.2 Å². The second kappa shape index (κ2) is 6.57. The quantitative estimate of drug-likeness (QED) is 0.835. The van der Waals surface area contributed by atoms with Gasteiger partial charge in [0.1, 0.15) is 5.75 Å². The number of hydrogen-bond donors (Lipinski definition) is 1. The normalized spacial score (nSPS) is 18.9. The summed E-state index contributed by atoms with van der Waals surface area (Å²) in [6, 6.07) is 6.48. The number of fused-ring (bicyclic) bond motifs is 1. The highest BCUT2D eigenvalue weighted by Gasteiger charge is 2.25. The van der Waals surface area contributed by atoms with Gasteiger partial charge in [-0.3, -0.25) is 0 Å². The van der Waals surface area contributed by atoms with Gasteiger partial charge in [0.05, 0.1) is 11.6 Å². The lowest BCUT2D eigenvalue weighted by molar-refractivity contribution is 0.245. The Labute approximate surface area is 139 Å². The summed E-state index contributed by atoms with van der Waals surface area (Å²) in [6.45, 7) is 2.89. The second-order valence-electron chi connectivity index (χ2n) is 5.40. The lowest BCUT2D eigenvalue weighted by Crippen LogP contribution is -2.35. The third kappa shape index (κ3) is 3.54. The first kappa shape index (κ1) is 15.2. The van der Waals surface area contributed by atoms with E-state index in [1.807, 2.05) is 6.07 Å². The predicted octanol–water partition coefficient (Wildman–Crippen LogP) is 5.10. The van der Waals surface area contributed by atoms with Crippen LogP contribution >= 0.6 is 34.5 Å². The molecular weight excluding hydrogens is 325 g/mol. The molecule has 5 heteroatoms. The fourth-order valence-corrected chi connectivity index (χ4v) is 4.01. The van der Waals surface area contributed by atoms with Gasteiger partial charge in [-0.05, 0) is 47.9 Å². The summed E-state index contributed by atoms with van der Waals surface area (Å²) in [5, 5.41) is 9.24. The maximum absolute atomic E-state index is 6.23. The maximum Gasteiger partial charge on any atom is 0.142 e. The van der Waals surface area contributed by atoms with Crippen molar-refractivity contribution in [2.45, 2.75) is 31.8 Å². The monoisotopic (exact) mass is 341 g/mol. The maximum atomic E-state index is 6.23. The van der Waals surface area contributed by atoms with E-state index in [1.54, 1.807) is 17.4 Å². The molecule has 0 saturated heterocycles. The van der Waals surface area contributed by atoms with E-state index in [0.717, 1.165) is 24.2 Å². The smallest absolute Gasteiger partial charge is 0.142 e. The first-order valence-corrected chi connectivity index (χ1v) is 8.72. The minimum Gasteiger partial charge on any atom is -0.492 e. The van der Waals surface area contributed by atoms with Crippen LogP contribution in [-0.2, 0) is 6.42 Å². The Kier molecular flexibility index (Phi) is 4.75. The topological polar surface area (TPSA) is 21.3 Å². The Hall–Kier alpha value is -0.740. The molecule has 1 aliphatic heterocycles. The van der Waals surface area contributed by atoms with Crippen molar-refractivity contribution in [3.63, 3.8) is 0 Å². The van der Waals surface area contributed by atoms with E-state index in [4.69, 9.17) is 27.9 Å². The van der Waals surface area contributed by atoms with Gasteiger partial charge >= 0.3 is 0 Å². The summed E-state index contributed by atoms with van der Waals surface area (Å²) in [4.78, 5) is 0. The summed E-state index contributed by atoms with van der Waals surface area (Å²) >= 11 is 14.1. The SMILES string of the molecule is CC(Cc1ccsc1)NC1CCOc2c(Cl)cc(Cl)cc21. The Balaban J connectivity index is 1.75. The van der Waals surface area contributed by atoms with Crippen LogP contribution < -0.4 is 10.1 Å². The number of halogens is 2. The van der Waals surface area contributed by atoms with Crippen molar-refractivity contribution in [2.24, 2.45) is 0 Å². The summed E-state index contributed by atoms with van der Waals surface area (Å²) in [5.74, 6) is 0.771. The van der Waals surface area contributed by atoms with E-state index < -0.39 is 0 Å². The standard InChI is InChI=1S/C16H17Cl2NOS/c1-10(6-11-3-5-21-9-11)19-15-2-4-20-16-13(15)7-12(17)8-14(16)18/h3,5,7-10,15,19H,2,4,6H2,1H3. The van der Waals surface area contributed by atoms with Crippen molar-refractivity contribution in [3.8, 4) is 5.75 Å². The molecule has 0 amide bonds. The first-order valence-electron chi connectivity index (χ1n) is 7.02. The molecule has 0 radical (unpaired) electrons. The number of thiophene rings is 1. The van der Waals surface area contributed by atoms with Gasteiger partial charge in [-0.15, -0.1) is 0 Å². The Bertz CT molecular complexity index is 615. The van der Waals surface area contributed by atoms with Gasteiger partial charge in [-0.2, -0.15) is 11.3 Å². The highest BCUT2D eigenvalue weighted by atomic mass is 35.5. The van der Waals surface area contributed by atoms with Crippen LogP contribution in [0.4, 0.5) is 0 Å². The van der Waals surface area contributed by atoms with Gasteiger partial charge < -0.3 is 10.1 Å². The summed E-state index contributed by atoms with van der Waals surface area (Å²) in [6.07, 6.45) is 1.95. The molecule has 0 spiro atoms. The number of ether oxygens (including phenoxy) is 1. The van der Waals surface area contributed by atoms with Gasteiger partial charge in [-0.25, -0.2) is 0 Å². The molecule has 1 aliphatic rings. The zero-order chi connectivity index (χ0) is 14.8. The van der Waals surface area contributed by atoms with Gasteiger partial charge in [0, 0.05) is 29.1 Å². The van der Waals surface area contributed by atoms with E-state index in [2.05, 4.69) is 29.1 Å².